The highest BCUT2D eigenvalue weighted by Gasteiger charge is 2.49. The number of nitrogens with zero attached hydrogens (tertiary/aromatic N) is 2. The maximum absolute atomic E-state index is 13.2. The van der Waals surface area contributed by atoms with Crippen LogP contribution in [0.1, 0.15) is 56.9 Å². The Bertz CT molecular complexity index is 693. The fraction of sp³-hybridized carbons (Fsp3) is 0.652. The second kappa shape index (κ2) is 8.24. The van der Waals surface area contributed by atoms with Crippen LogP contribution in [-0.2, 0) is 14.3 Å². The highest BCUT2D eigenvalue weighted by atomic mass is 16.5. The topological polar surface area (TPSA) is 49.9 Å². The second-order valence-electron chi connectivity index (χ2n) is 8.80. The van der Waals surface area contributed by atoms with Crippen molar-refractivity contribution in [1.29, 1.82) is 0 Å². The minimum Gasteiger partial charge on any atom is -0.372 e. The smallest absolute Gasteiger partial charge is 0.248 e. The van der Waals surface area contributed by atoms with Gasteiger partial charge in [0.2, 0.25) is 11.8 Å². The monoisotopic (exact) mass is 384 g/mol. The van der Waals surface area contributed by atoms with E-state index in [1.165, 1.54) is 0 Å². The number of hydrogen-bond acceptors (Lipinski definition) is 3. The van der Waals surface area contributed by atoms with Crippen molar-refractivity contribution in [3.8, 4) is 0 Å². The van der Waals surface area contributed by atoms with Crippen LogP contribution in [0.15, 0.2) is 30.3 Å². The molecule has 2 aliphatic heterocycles. The largest absolute Gasteiger partial charge is 0.372 e. The number of rotatable bonds is 6. The molecule has 1 aliphatic carbocycles. The van der Waals surface area contributed by atoms with Crippen LogP contribution in [0.2, 0.25) is 0 Å². The molecule has 0 radical (unpaired) electrons. The third kappa shape index (κ3) is 4.09. The summed E-state index contributed by atoms with van der Waals surface area (Å²) in [5, 5.41) is 0. The zero-order valence-corrected chi connectivity index (χ0v) is 16.9. The summed E-state index contributed by atoms with van der Waals surface area (Å²) in [5.41, 5.74) is 1.28. The number of hydrogen-bond donors (Lipinski definition) is 0. The van der Waals surface area contributed by atoms with E-state index in [1.54, 1.807) is 0 Å². The molecule has 0 N–H and O–H groups in total. The SMILES string of the molecule is CCCOCC(=O)N1CCC2(CC1)C[C@@H](c1ccccc1)C(=O)N(C1CC1)C2. The molecule has 5 nitrogen and oxygen atoms in total. The third-order valence-electron chi connectivity index (χ3n) is 6.66. The van der Waals surface area contributed by atoms with Crippen molar-refractivity contribution < 1.29 is 14.3 Å². The summed E-state index contributed by atoms with van der Waals surface area (Å²) in [4.78, 5) is 29.7. The molecule has 1 spiro atoms. The van der Waals surface area contributed by atoms with Gasteiger partial charge in [0.1, 0.15) is 6.61 Å². The van der Waals surface area contributed by atoms with Crippen molar-refractivity contribution in [2.75, 3.05) is 32.8 Å². The zero-order chi connectivity index (χ0) is 19.6. The molecule has 0 unspecified atom stereocenters. The molecule has 3 fully saturated rings. The summed E-state index contributed by atoms with van der Waals surface area (Å²) in [6.07, 6.45) is 6.08. The number of carbonyl (C=O) groups is 2. The van der Waals surface area contributed by atoms with Crippen LogP contribution in [0.4, 0.5) is 0 Å². The quantitative estimate of drug-likeness (QED) is 0.708. The maximum atomic E-state index is 13.2. The molecule has 1 saturated carbocycles. The first-order valence-corrected chi connectivity index (χ1v) is 10.8. The molecule has 0 bridgehead atoms. The van der Waals surface area contributed by atoms with Crippen LogP contribution < -0.4 is 0 Å². The normalized spacial score (nSPS) is 24.6. The summed E-state index contributed by atoms with van der Waals surface area (Å²) < 4.78 is 5.44. The average Bonchev–Trinajstić information content (AvgIpc) is 3.56. The van der Waals surface area contributed by atoms with E-state index in [1.807, 2.05) is 30.0 Å². The van der Waals surface area contributed by atoms with Crippen molar-refractivity contribution in [3.63, 3.8) is 0 Å². The first kappa shape index (κ1) is 19.4. The molecule has 0 aromatic heterocycles. The molecule has 1 aromatic rings. The highest BCUT2D eigenvalue weighted by Crippen LogP contribution is 2.48. The van der Waals surface area contributed by atoms with Gasteiger partial charge in [0.05, 0.1) is 5.92 Å². The van der Waals surface area contributed by atoms with Gasteiger partial charge in [0.25, 0.3) is 0 Å². The van der Waals surface area contributed by atoms with Crippen molar-refractivity contribution >= 4 is 11.8 Å². The fourth-order valence-electron chi connectivity index (χ4n) is 4.85. The molecule has 1 aromatic carbocycles. The standard InChI is InChI=1S/C23H32N2O3/c1-2-14-28-16-21(26)24-12-10-23(11-13-24)15-20(18-6-4-3-5-7-18)22(27)25(17-23)19-8-9-19/h3-7,19-20H,2,8-17H2,1H3/t20-/m0/s1. The Hall–Kier alpha value is -1.88. The fourth-order valence-corrected chi connectivity index (χ4v) is 4.85. The Labute approximate surface area is 168 Å². The van der Waals surface area contributed by atoms with Gasteiger partial charge < -0.3 is 14.5 Å². The second-order valence-corrected chi connectivity index (χ2v) is 8.80. The Morgan fingerprint density at radius 1 is 1.18 bits per heavy atom. The van der Waals surface area contributed by atoms with Crippen LogP contribution in [0.25, 0.3) is 0 Å². The number of amides is 2. The van der Waals surface area contributed by atoms with Gasteiger partial charge in [-0.2, -0.15) is 0 Å². The van der Waals surface area contributed by atoms with Crippen LogP contribution in [-0.4, -0.2) is 60.5 Å². The van der Waals surface area contributed by atoms with Gasteiger partial charge >= 0.3 is 0 Å². The van der Waals surface area contributed by atoms with Gasteiger partial charge in [0, 0.05) is 32.3 Å². The molecular formula is C23H32N2O3. The van der Waals surface area contributed by atoms with Gasteiger partial charge in [-0.25, -0.2) is 0 Å². The highest BCUT2D eigenvalue weighted by molar-refractivity contribution is 5.85. The Morgan fingerprint density at radius 2 is 1.89 bits per heavy atom. The van der Waals surface area contributed by atoms with E-state index in [4.69, 9.17) is 4.74 Å². The summed E-state index contributed by atoms with van der Waals surface area (Å²) >= 11 is 0. The van der Waals surface area contributed by atoms with Crippen LogP contribution >= 0.6 is 0 Å². The molecule has 5 heteroatoms. The van der Waals surface area contributed by atoms with E-state index in [9.17, 15) is 9.59 Å². The number of benzene rings is 1. The van der Waals surface area contributed by atoms with E-state index < -0.39 is 0 Å². The van der Waals surface area contributed by atoms with E-state index in [0.717, 1.165) is 63.7 Å². The molecule has 1 atom stereocenters. The molecule has 4 rings (SSSR count). The first-order valence-electron chi connectivity index (χ1n) is 10.8. The first-order chi connectivity index (χ1) is 13.6. The molecule has 28 heavy (non-hydrogen) atoms. The van der Waals surface area contributed by atoms with Gasteiger partial charge in [-0.05, 0) is 49.5 Å². The van der Waals surface area contributed by atoms with E-state index in [2.05, 4.69) is 17.0 Å². The molecule has 2 saturated heterocycles. The average molecular weight is 385 g/mol. The Morgan fingerprint density at radius 3 is 2.54 bits per heavy atom. The van der Waals surface area contributed by atoms with Crippen LogP contribution in [0.3, 0.4) is 0 Å². The third-order valence-corrected chi connectivity index (χ3v) is 6.66. The summed E-state index contributed by atoms with van der Waals surface area (Å²) in [6, 6.07) is 10.7. The number of ether oxygens (including phenoxy) is 1. The van der Waals surface area contributed by atoms with Gasteiger partial charge in [-0.15, -0.1) is 0 Å². The molecule has 3 aliphatic rings. The molecular weight excluding hydrogens is 352 g/mol. The number of piperidine rings is 2. The van der Waals surface area contributed by atoms with Gasteiger partial charge in [0.15, 0.2) is 0 Å². The number of likely N-dealkylation sites (tertiary alicyclic amines) is 2. The van der Waals surface area contributed by atoms with Crippen LogP contribution in [0, 0.1) is 5.41 Å². The molecule has 152 valence electrons. The summed E-state index contributed by atoms with van der Waals surface area (Å²) in [5.74, 6) is 0.380. The van der Waals surface area contributed by atoms with E-state index in [0.29, 0.717) is 18.6 Å². The van der Waals surface area contributed by atoms with Crippen LogP contribution in [0.5, 0.6) is 0 Å². The van der Waals surface area contributed by atoms with Crippen molar-refractivity contribution in [2.45, 2.75) is 57.4 Å². The lowest BCUT2D eigenvalue weighted by molar-refractivity contribution is -0.146. The zero-order valence-electron chi connectivity index (χ0n) is 16.9. The van der Waals surface area contributed by atoms with Crippen molar-refractivity contribution in [1.82, 2.24) is 9.80 Å². The predicted octanol–water partition coefficient (Wildman–Crippen LogP) is 3.20. The lowest BCUT2D eigenvalue weighted by Gasteiger charge is -2.50. The predicted molar refractivity (Wildman–Crippen MR) is 108 cm³/mol. The minimum atomic E-state index is -0.0364. The van der Waals surface area contributed by atoms with Gasteiger partial charge in [-0.3, -0.25) is 9.59 Å². The molecule has 2 amide bonds. The number of carbonyl (C=O) groups excluding carboxylic acids is 2. The van der Waals surface area contributed by atoms with E-state index in [-0.39, 0.29) is 23.8 Å². The Balaban J connectivity index is 1.45. The van der Waals surface area contributed by atoms with Crippen molar-refractivity contribution in [2.24, 2.45) is 5.41 Å². The lowest BCUT2D eigenvalue weighted by Crippen LogP contribution is -2.55. The minimum absolute atomic E-state index is 0.0364. The lowest BCUT2D eigenvalue weighted by atomic mass is 9.67. The maximum Gasteiger partial charge on any atom is 0.248 e. The van der Waals surface area contributed by atoms with Gasteiger partial charge in [-0.1, -0.05) is 37.3 Å². The van der Waals surface area contributed by atoms with Crippen molar-refractivity contribution in [3.05, 3.63) is 35.9 Å². The Kier molecular flexibility index (Phi) is 5.72. The summed E-state index contributed by atoms with van der Waals surface area (Å²) in [7, 11) is 0. The summed E-state index contributed by atoms with van der Waals surface area (Å²) in [6.45, 7) is 5.31. The van der Waals surface area contributed by atoms with E-state index >= 15 is 0 Å². The molecule has 2 heterocycles.